The summed E-state index contributed by atoms with van der Waals surface area (Å²) in [4.78, 5) is 20.8. The third kappa shape index (κ3) is 4.09. The van der Waals surface area contributed by atoms with Crippen molar-refractivity contribution >= 4 is 11.5 Å². The quantitative estimate of drug-likeness (QED) is 0.646. The van der Waals surface area contributed by atoms with Gasteiger partial charge in [-0.3, -0.25) is 9.69 Å². The van der Waals surface area contributed by atoms with E-state index in [1.54, 1.807) is 13.2 Å². The molecule has 0 bridgehead atoms. The molecule has 5 nitrogen and oxygen atoms in total. The van der Waals surface area contributed by atoms with Gasteiger partial charge in [-0.1, -0.05) is 18.2 Å². The van der Waals surface area contributed by atoms with E-state index in [2.05, 4.69) is 14.8 Å². The summed E-state index contributed by atoms with van der Waals surface area (Å²) in [7, 11) is 0. The molecule has 3 aromatic rings. The van der Waals surface area contributed by atoms with Crippen molar-refractivity contribution in [2.24, 2.45) is 0 Å². The fourth-order valence-electron chi connectivity index (χ4n) is 3.39. The first kappa shape index (κ1) is 17.5. The monoisotopic (exact) mass is 361 g/mol. The summed E-state index contributed by atoms with van der Waals surface area (Å²) >= 11 is 0. The smallest absolute Gasteiger partial charge is 0.226 e. The molecule has 27 heavy (non-hydrogen) atoms. The lowest BCUT2D eigenvalue weighted by molar-refractivity contribution is 0.101. The number of ketones is 1. The van der Waals surface area contributed by atoms with Crippen LogP contribution in [0.3, 0.4) is 0 Å². The molecule has 5 heteroatoms. The van der Waals surface area contributed by atoms with E-state index >= 15 is 0 Å². The average Bonchev–Trinajstić information content (AvgIpc) is 3.18. The van der Waals surface area contributed by atoms with Crippen LogP contribution in [0.5, 0.6) is 0 Å². The highest BCUT2D eigenvalue weighted by Crippen LogP contribution is 2.21. The van der Waals surface area contributed by atoms with E-state index < -0.39 is 0 Å². The SMILES string of the molecule is CC(=O)c1ccc(N2CCN(Cc3coc(-c4ccccc4)n3)CC2)cc1. The number of hydrogen-bond donors (Lipinski definition) is 0. The molecule has 1 aromatic heterocycles. The second-order valence-corrected chi connectivity index (χ2v) is 6.88. The summed E-state index contributed by atoms with van der Waals surface area (Å²) < 4.78 is 5.64. The van der Waals surface area contributed by atoms with Crippen molar-refractivity contribution in [3.8, 4) is 11.5 Å². The molecule has 1 aliphatic heterocycles. The summed E-state index contributed by atoms with van der Waals surface area (Å²) in [5.41, 5.74) is 3.90. The summed E-state index contributed by atoms with van der Waals surface area (Å²) in [5, 5.41) is 0. The molecule has 0 atom stereocenters. The second kappa shape index (κ2) is 7.76. The number of aromatic nitrogens is 1. The maximum atomic E-state index is 11.4. The first-order chi connectivity index (χ1) is 13.2. The van der Waals surface area contributed by atoms with Crippen molar-refractivity contribution in [3.63, 3.8) is 0 Å². The first-order valence-corrected chi connectivity index (χ1v) is 9.27. The average molecular weight is 361 g/mol. The Bertz CT molecular complexity index is 895. The molecule has 1 aliphatic rings. The van der Waals surface area contributed by atoms with Crippen LogP contribution >= 0.6 is 0 Å². The van der Waals surface area contributed by atoms with E-state index in [-0.39, 0.29) is 5.78 Å². The molecule has 2 heterocycles. The van der Waals surface area contributed by atoms with Gasteiger partial charge in [0, 0.05) is 49.5 Å². The summed E-state index contributed by atoms with van der Waals surface area (Å²) in [6.45, 7) is 6.27. The lowest BCUT2D eigenvalue weighted by Gasteiger charge is -2.35. The third-order valence-corrected chi connectivity index (χ3v) is 4.97. The first-order valence-electron chi connectivity index (χ1n) is 9.27. The highest BCUT2D eigenvalue weighted by molar-refractivity contribution is 5.94. The predicted octanol–water partition coefficient (Wildman–Crippen LogP) is 3.87. The van der Waals surface area contributed by atoms with Gasteiger partial charge in [-0.05, 0) is 43.3 Å². The van der Waals surface area contributed by atoms with Gasteiger partial charge in [0.1, 0.15) is 6.26 Å². The summed E-state index contributed by atoms with van der Waals surface area (Å²) in [5.74, 6) is 0.781. The molecule has 0 unspecified atom stereocenters. The van der Waals surface area contributed by atoms with Gasteiger partial charge in [-0.25, -0.2) is 4.98 Å². The molecule has 0 amide bonds. The Morgan fingerprint density at radius 2 is 1.70 bits per heavy atom. The Labute approximate surface area is 159 Å². The Balaban J connectivity index is 1.33. The minimum absolute atomic E-state index is 0.105. The van der Waals surface area contributed by atoms with Crippen molar-refractivity contribution in [1.82, 2.24) is 9.88 Å². The van der Waals surface area contributed by atoms with Gasteiger partial charge < -0.3 is 9.32 Å². The number of hydrogen-bond acceptors (Lipinski definition) is 5. The molecule has 0 spiro atoms. The van der Waals surface area contributed by atoms with Gasteiger partial charge in [-0.15, -0.1) is 0 Å². The number of benzene rings is 2. The van der Waals surface area contributed by atoms with Crippen molar-refractivity contribution < 1.29 is 9.21 Å². The maximum Gasteiger partial charge on any atom is 0.226 e. The van der Waals surface area contributed by atoms with E-state index in [1.807, 2.05) is 54.6 Å². The number of piperazine rings is 1. The van der Waals surface area contributed by atoms with E-state index in [4.69, 9.17) is 4.42 Å². The predicted molar refractivity (Wildman–Crippen MR) is 106 cm³/mol. The van der Waals surface area contributed by atoms with E-state index in [0.717, 1.165) is 49.5 Å². The van der Waals surface area contributed by atoms with E-state index in [0.29, 0.717) is 5.89 Å². The Kier molecular flexibility index (Phi) is 5.03. The van der Waals surface area contributed by atoms with E-state index in [1.165, 1.54) is 5.69 Å². The summed E-state index contributed by atoms with van der Waals surface area (Å²) in [6.07, 6.45) is 1.76. The maximum absolute atomic E-state index is 11.4. The van der Waals surface area contributed by atoms with Crippen LogP contribution in [0.1, 0.15) is 23.0 Å². The van der Waals surface area contributed by atoms with Gasteiger partial charge in [0.2, 0.25) is 5.89 Å². The van der Waals surface area contributed by atoms with Gasteiger partial charge in [0.15, 0.2) is 5.78 Å². The number of carbonyl (C=O) groups is 1. The van der Waals surface area contributed by atoms with Crippen LogP contribution in [0.15, 0.2) is 65.3 Å². The highest BCUT2D eigenvalue weighted by atomic mass is 16.3. The zero-order valence-electron chi connectivity index (χ0n) is 15.5. The molecule has 138 valence electrons. The molecule has 0 N–H and O–H groups in total. The van der Waals surface area contributed by atoms with E-state index in [9.17, 15) is 4.79 Å². The Morgan fingerprint density at radius 1 is 1.00 bits per heavy atom. The lowest BCUT2D eigenvalue weighted by atomic mass is 10.1. The number of anilines is 1. The Morgan fingerprint density at radius 3 is 2.37 bits per heavy atom. The number of oxazole rings is 1. The number of Topliss-reactive ketones (excluding diaryl/α,β-unsaturated/α-hetero) is 1. The molecule has 0 radical (unpaired) electrons. The topological polar surface area (TPSA) is 49.6 Å². The normalized spacial score (nSPS) is 15.1. The van der Waals surface area contributed by atoms with Crippen LogP contribution < -0.4 is 4.90 Å². The van der Waals surface area contributed by atoms with Gasteiger partial charge >= 0.3 is 0 Å². The van der Waals surface area contributed by atoms with Crippen LogP contribution in [0.2, 0.25) is 0 Å². The molecular weight excluding hydrogens is 338 g/mol. The molecule has 4 rings (SSSR count). The van der Waals surface area contributed by atoms with Gasteiger partial charge in [-0.2, -0.15) is 0 Å². The lowest BCUT2D eigenvalue weighted by Crippen LogP contribution is -2.46. The van der Waals surface area contributed by atoms with Crippen LogP contribution in [0.4, 0.5) is 5.69 Å². The van der Waals surface area contributed by atoms with Crippen molar-refractivity contribution in [3.05, 3.63) is 72.1 Å². The van der Waals surface area contributed by atoms with Crippen molar-refractivity contribution in [1.29, 1.82) is 0 Å². The zero-order chi connectivity index (χ0) is 18.6. The fraction of sp³-hybridized carbons (Fsp3) is 0.273. The fourth-order valence-corrected chi connectivity index (χ4v) is 3.39. The summed E-state index contributed by atoms with van der Waals surface area (Å²) in [6, 6.07) is 17.9. The van der Waals surface area contributed by atoms with Crippen molar-refractivity contribution in [2.45, 2.75) is 13.5 Å². The number of nitrogens with zero attached hydrogens (tertiary/aromatic N) is 3. The second-order valence-electron chi connectivity index (χ2n) is 6.88. The molecule has 2 aromatic carbocycles. The molecule has 0 aliphatic carbocycles. The highest BCUT2D eigenvalue weighted by Gasteiger charge is 2.19. The number of carbonyl (C=O) groups excluding carboxylic acids is 1. The molecule has 1 fully saturated rings. The van der Waals surface area contributed by atoms with Crippen molar-refractivity contribution in [2.75, 3.05) is 31.1 Å². The van der Waals surface area contributed by atoms with Gasteiger partial charge in [0.25, 0.3) is 0 Å². The number of rotatable bonds is 5. The Hall–Kier alpha value is -2.92. The van der Waals surface area contributed by atoms with Gasteiger partial charge in [0.05, 0.1) is 5.69 Å². The van der Waals surface area contributed by atoms with Crippen LogP contribution in [0, 0.1) is 0 Å². The van der Waals surface area contributed by atoms with Crippen LogP contribution in [-0.4, -0.2) is 41.8 Å². The minimum Gasteiger partial charge on any atom is -0.444 e. The van der Waals surface area contributed by atoms with Crippen LogP contribution in [-0.2, 0) is 6.54 Å². The minimum atomic E-state index is 0.105. The third-order valence-electron chi connectivity index (χ3n) is 4.97. The standard InChI is InChI=1S/C22H23N3O2/c1-17(26)18-7-9-21(10-8-18)25-13-11-24(12-14-25)15-20-16-27-22(23-20)19-5-3-2-4-6-19/h2-10,16H,11-15H2,1H3. The zero-order valence-corrected chi connectivity index (χ0v) is 15.5. The molecule has 0 saturated carbocycles. The van der Waals surface area contributed by atoms with Crippen LogP contribution in [0.25, 0.3) is 11.5 Å². The molecular formula is C22H23N3O2. The molecule has 1 saturated heterocycles. The largest absolute Gasteiger partial charge is 0.444 e.